The Morgan fingerprint density at radius 2 is 1.29 bits per heavy atom. The van der Waals surface area contributed by atoms with Gasteiger partial charge in [-0.25, -0.2) is 0 Å². The first-order valence-electron chi connectivity index (χ1n) is 11.2. The summed E-state index contributed by atoms with van der Waals surface area (Å²) in [5.74, 6) is 0. The minimum Gasteiger partial charge on any atom is -0.386 e. The highest BCUT2D eigenvalue weighted by Gasteiger charge is 2.18. The van der Waals surface area contributed by atoms with Gasteiger partial charge in [-0.05, 0) is 74.9 Å². The second-order valence-electron chi connectivity index (χ2n) is 10.6. The van der Waals surface area contributed by atoms with E-state index in [-0.39, 0.29) is 10.8 Å². The van der Waals surface area contributed by atoms with Gasteiger partial charge in [-0.2, -0.15) is 0 Å². The zero-order valence-electron chi connectivity index (χ0n) is 22.0. The van der Waals surface area contributed by atoms with Crippen LogP contribution < -0.4 is 5.32 Å². The van der Waals surface area contributed by atoms with Gasteiger partial charge in [0.25, 0.3) is 0 Å². The van der Waals surface area contributed by atoms with Crippen LogP contribution in [0.1, 0.15) is 85.9 Å². The number of allylic oxidation sites excluding steroid dienone is 8. The van der Waals surface area contributed by atoms with E-state index in [2.05, 4.69) is 124 Å². The molecule has 0 unspecified atom stereocenters. The second kappa shape index (κ2) is 10.3. The topological polar surface area (TPSA) is 24.4 Å². The van der Waals surface area contributed by atoms with Gasteiger partial charge in [-0.3, -0.25) is 4.99 Å². The smallest absolute Gasteiger partial charge is 0.0937 e. The third kappa shape index (κ3) is 6.82. The molecule has 0 saturated heterocycles. The molecule has 0 fully saturated rings. The molecule has 0 spiro atoms. The van der Waals surface area contributed by atoms with Crippen molar-refractivity contribution in [1.82, 2.24) is 0 Å². The van der Waals surface area contributed by atoms with E-state index in [9.17, 15) is 0 Å². The Balaban J connectivity index is 3.65. The maximum atomic E-state index is 4.46. The van der Waals surface area contributed by atoms with E-state index < -0.39 is 0 Å². The molecule has 0 radical (unpaired) electrons. The predicted molar refractivity (Wildman–Crippen MR) is 144 cm³/mol. The Labute approximate surface area is 192 Å². The molecule has 0 amide bonds. The van der Waals surface area contributed by atoms with Gasteiger partial charge in [0.05, 0.1) is 11.4 Å². The Morgan fingerprint density at radius 1 is 0.839 bits per heavy atom. The standard InChI is InChI=1S/C29H44N2/c1-19(14-16-22(4)28(6,7)8)24-18-21(3)25(27(31-13)26(24)30-12)20(2)15-17-23(5)29(9,10)11/h14-18,30H,13H2,1-12H3/b19-14+,20-15+,22-16?,23-17?. The summed E-state index contributed by atoms with van der Waals surface area (Å²) in [4.78, 5) is 4.46. The van der Waals surface area contributed by atoms with E-state index in [1.165, 1.54) is 33.4 Å². The Hall–Kier alpha value is -2.35. The highest BCUT2D eigenvalue weighted by atomic mass is 14.9. The van der Waals surface area contributed by atoms with Crippen LogP contribution in [0.4, 0.5) is 11.4 Å². The fraction of sp³-hybridized carbons (Fsp3) is 0.483. The summed E-state index contributed by atoms with van der Waals surface area (Å²) < 4.78 is 0. The second-order valence-corrected chi connectivity index (χ2v) is 10.6. The lowest BCUT2D eigenvalue weighted by Crippen LogP contribution is -2.06. The molecular formula is C29H44N2. The molecule has 0 heterocycles. The first kappa shape index (κ1) is 26.7. The van der Waals surface area contributed by atoms with Gasteiger partial charge in [0.1, 0.15) is 0 Å². The minimum atomic E-state index is 0.159. The summed E-state index contributed by atoms with van der Waals surface area (Å²) in [5.41, 5.74) is 10.9. The molecule has 2 heteroatoms. The van der Waals surface area contributed by atoms with Gasteiger partial charge in [0, 0.05) is 18.2 Å². The number of rotatable bonds is 6. The predicted octanol–water partition coefficient (Wildman–Crippen LogP) is 9.16. The maximum absolute atomic E-state index is 4.46. The molecule has 31 heavy (non-hydrogen) atoms. The van der Waals surface area contributed by atoms with Crippen molar-refractivity contribution in [1.29, 1.82) is 0 Å². The first-order valence-corrected chi connectivity index (χ1v) is 11.2. The summed E-state index contributed by atoms with van der Waals surface area (Å²) in [7, 11) is 1.96. The highest BCUT2D eigenvalue weighted by molar-refractivity contribution is 5.92. The molecule has 1 aromatic carbocycles. The zero-order chi connectivity index (χ0) is 24.1. The van der Waals surface area contributed by atoms with Crippen molar-refractivity contribution in [2.45, 2.75) is 76.2 Å². The van der Waals surface area contributed by atoms with E-state index in [0.717, 1.165) is 16.9 Å². The molecule has 0 saturated carbocycles. The van der Waals surface area contributed by atoms with Crippen LogP contribution in [-0.4, -0.2) is 13.8 Å². The average Bonchev–Trinajstić information content (AvgIpc) is 2.66. The third-order valence-corrected chi connectivity index (χ3v) is 6.26. The van der Waals surface area contributed by atoms with Crippen molar-refractivity contribution in [2.24, 2.45) is 15.8 Å². The quantitative estimate of drug-likeness (QED) is 0.360. The lowest BCUT2D eigenvalue weighted by Gasteiger charge is -2.21. The van der Waals surface area contributed by atoms with Crippen LogP contribution >= 0.6 is 0 Å². The van der Waals surface area contributed by atoms with Gasteiger partial charge < -0.3 is 5.32 Å². The molecule has 0 aliphatic carbocycles. The normalized spacial score (nSPS) is 14.7. The van der Waals surface area contributed by atoms with Crippen molar-refractivity contribution in [3.8, 4) is 0 Å². The Morgan fingerprint density at radius 3 is 1.68 bits per heavy atom. The number of anilines is 1. The van der Waals surface area contributed by atoms with Gasteiger partial charge in [-0.15, -0.1) is 0 Å². The molecule has 0 aromatic heterocycles. The SMILES string of the molecule is C=Nc1c(NC)c(/C(C)=C/C=C(C)C(C)(C)C)cc(C)c1/C(C)=C/C=C(C)C(C)(C)C. The average molecular weight is 421 g/mol. The summed E-state index contributed by atoms with van der Waals surface area (Å²) in [6.07, 6.45) is 8.86. The van der Waals surface area contributed by atoms with Crippen LogP contribution in [0.25, 0.3) is 11.1 Å². The van der Waals surface area contributed by atoms with Gasteiger partial charge in [0.15, 0.2) is 0 Å². The van der Waals surface area contributed by atoms with Gasteiger partial charge >= 0.3 is 0 Å². The van der Waals surface area contributed by atoms with E-state index in [1.54, 1.807) is 0 Å². The van der Waals surface area contributed by atoms with Gasteiger partial charge in [0.2, 0.25) is 0 Å². The van der Waals surface area contributed by atoms with E-state index in [1.807, 2.05) is 7.05 Å². The lowest BCUT2D eigenvalue weighted by molar-refractivity contribution is 0.504. The number of aliphatic imine (C=N–C) groups is 1. The van der Waals surface area contributed by atoms with Crippen LogP contribution in [0, 0.1) is 17.8 Å². The monoisotopic (exact) mass is 420 g/mol. The van der Waals surface area contributed by atoms with E-state index in [4.69, 9.17) is 0 Å². The van der Waals surface area contributed by atoms with Crippen LogP contribution in [0.15, 0.2) is 46.5 Å². The van der Waals surface area contributed by atoms with Crippen LogP contribution in [0.2, 0.25) is 0 Å². The minimum absolute atomic E-state index is 0.159. The number of nitrogens with zero attached hydrogens (tertiary/aromatic N) is 1. The van der Waals surface area contributed by atoms with Crippen LogP contribution in [-0.2, 0) is 0 Å². The van der Waals surface area contributed by atoms with Crippen molar-refractivity contribution in [2.75, 3.05) is 12.4 Å². The number of hydrogen-bond acceptors (Lipinski definition) is 2. The van der Waals surface area contributed by atoms with E-state index >= 15 is 0 Å². The molecule has 1 aromatic rings. The molecule has 1 rings (SSSR count). The fourth-order valence-electron chi connectivity index (χ4n) is 3.19. The Kier molecular flexibility index (Phi) is 8.87. The first-order chi connectivity index (χ1) is 14.1. The molecule has 0 aliphatic heterocycles. The number of aryl methyl sites for hydroxylation is 1. The molecule has 170 valence electrons. The summed E-state index contributed by atoms with van der Waals surface area (Å²) in [5, 5.41) is 3.39. The van der Waals surface area contributed by atoms with Crippen molar-refractivity contribution in [3.05, 3.63) is 58.2 Å². The van der Waals surface area contributed by atoms with Crippen LogP contribution in [0.5, 0.6) is 0 Å². The third-order valence-electron chi connectivity index (χ3n) is 6.26. The maximum Gasteiger partial charge on any atom is 0.0937 e. The molecule has 1 N–H and O–H groups in total. The fourth-order valence-corrected chi connectivity index (χ4v) is 3.19. The summed E-state index contributed by atoms with van der Waals surface area (Å²) >= 11 is 0. The zero-order valence-corrected chi connectivity index (χ0v) is 22.0. The molecule has 2 nitrogen and oxygen atoms in total. The largest absolute Gasteiger partial charge is 0.386 e. The molecule has 0 atom stereocenters. The molecule has 0 aliphatic rings. The molecule has 0 bridgehead atoms. The number of benzene rings is 1. The Bertz CT molecular complexity index is 936. The van der Waals surface area contributed by atoms with E-state index in [0.29, 0.717) is 0 Å². The summed E-state index contributed by atoms with van der Waals surface area (Å²) in [6.45, 7) is 28.2. The van der Waals surface area contributed by atoms with Crippen molar-refractivity contribution < 1.29 is 0 Å². The number of nitrogens with one attached hydrogen (secondary N) is 1. The number of hydrogen-bond donors (Lipinski definition) is 1. The van der Waals surface area contributed by atoms with Crippen LogP contribution in [0.3, 0.4) is 0 Å². The van der Waals surface area contributed by atoms with Gasteiger partial charge in [-0.1, -0.05) is 77.0 Å². The highest BCUT2D eigenvalue weighted by Crippen LogP contribution is 2.41. The lowest BCUT2D eigenvalue weighted by atomic mass is 9.86. The summed E-state index contributed by atoms with van der Waals surface area (Å²) in [6, 6.07) is 2.26. The molecular weight excluding hydrogens is 376 g/mol. The van der Waals surface area contributed by atoms with Crippen molar-refractivity contribution >= 4 is 29.2 Å². The van der Waals surface area contributed by atoms with Crippen molar-refractivity contribution in [3.63, 3.8) is 0 Å².